The van der Waals surface area contributed by atoms with Crippen LogP contribution in [0.25, 0.3) is 0 Å². The monoisotopic (exact) mass is 207 g/mol. The van der Waals surface area contributed by atoms with E-state index in [9.17, 15) is 0 Å². The normalized spacial score (nSPS) is 9.29. The number of nitrogen functional groups attached to an aromatic ring is 1. The molecular formula is C10H13N3S. The van der Waals surface area contributed by atoms with Crippen LogP contribution < -0.4 is 5.73 Å². The molecule has 1 aromatic heterocycles. The van der Waals surface area contributed by atoms with Crippen molar-refractivity contribution in [2.75, 3.05) is 11.5 Å². The summed E-state index contributed by atoms with van der Waals surface area (Å²) < 4.78 is 0. The maximum Gasteiger partial charge on any atom is 0.189 e. The van der Waals surface area contributed by atoms with Gasteiger partial charge in [0.05, 0.1) is 0 Å². The van der Waals surface area contributed by atoms with Crippen LogP contribution in [-0.4, -0.2) is 15.7 Å². The minimum absolute atomic E-state index is 0.529. The molecule has 0 saturated heterocycles. The van der Waals surface area contributed by atoms with Gasteiger partial charge in [-0.1, -0.05) is 11.8 Å². The molecule has 0 spiro atoms. The van der Waals surface area contributed by atoms with Gasteiger partial charge in [0.1, 0.15) is 5.82 Å². The van der Waals surface area contributed by atoms with Crippen LogP contribution >= 0.6 is 11.8 Å². The molecule has 0 bridgehead atoms. The molecule has 1 rings (SSSR count). The summed E-state index contributed by atoms with van der Waals surface area (Å²) in [4.78, 5) is 8.37. The van der Waals surface area contributed by atoms with E-state index in [1.807, 2.05) is 13.8 Å². The van der Waals surface area contributed by atoms with Gasteiger partial charge in [-0.3, -0.25) is 0 Å². The average Bonchev–Trinajstić information content (AvgIpc) is 2.11. The van der Waals surface area contributed by atoms with Crippen LogP contribution in [0.3, 0.4) is 0 Å². The smallest absolute Gasteiger partial charge is 0.189 e. The molecule has 0 unspecified atom stereocenters. The highest BCUT2D eigenvalue weighted by Crippen LogP contribution is 2.15. The van der Waals surface area contributed by atoms with Crippen molar-refractivity contribution in [1.29, 1.82) is 0 Å². The average molecular weight is 207 g/mol. The fraction of sp³-hybridized carbons (Fsp3) is 0.400. The summed E-state index contributed by atoms with van der Waals surface area (Å²) in [6.07, 6.45) is 0.859. The minimum Gasteiger partial charge on any atom is -0.384 e. The first-order valence-corrected chi connectivity index (χ1v) is 5.34. The lowest BCUT2D eigenvalue weighted by atomic mass is 10.4. The van der Waals surface area contributed by atoms with E-state index in [1.165, 1.54) is 0 Å². The van der Waals surface area contributed by atoms with E-state index in [2.05, 4.69) is 21.8 Å². The molecule has 0 atom stereocenters. The molecule has 0 saturated carbocycles. The first-order chi connectivity index (χ1) is 6.72. The number of nitrogens with two attached hydrogens (primary N) is 1. The van der Waals surface area contributed by atoms with E-state index in [1.54, 1.807) is 17.8 Å². The fourth-order valence-corrected chi connectivity index (χ4v) is 1.71. The molecule has 0 amide bonds. The molecular weight excluding hydrogens is 194 g/mol. The molecule has 0 fully saturated rings. The van der Waals surface area contributed by atoms with E-state index < -0.39 is 0 Å². The highest BCUT2D eigenvalue weighted by atomic mass is 32.2. The number of aromatic nitrogens is 2. The van der Waals surface area contributed by atoms with Crippen LogP contribution in [0.15, 0.2) is 11.2 Å². The van der Waals surface area contributed by atoms with E-state index in [0.717, 1.165) is 23.0 Å². The van der Waals surface area contributed by atoms with Gasteiger partial charge in [0.25, 0.3) is 0 Å². The summed E-state index contributed by atoms with van der Waals surface area (Å²) >= 11 is 1.58. The van der Waals surface area contributed by atoms with Crippen molar-refractivity contribution < 1.29 is 0 Å². The Hall–Kier alpha value is -1.21. The fourth-order valence-electron chi connectivity index (χ4n) is 0.948. The molecule has 14 heavy (non-hydrogen) atoms. The molecule has 3 nitrogen and oxygen atoms in total. The van der Waals surface area contributed by atoms with Crippen molar-refractivity contribution in [3.05, 3.63) is 11.8 Å². The summed E-state index contributed by atoms with van der Waals surface area (Å²) in [6.45, 7) is 3.75. The number of nitrogens with zero attached hydrogens (tertiary/aromatic N) is 2. The first kappa shape index (κ1) is 10.9. The number of aryl methyl sites for hydroxylation is 1. The summed E-state index contributed by atoms with van der Waals surface area (Å²) in [5.41, 5.74) is 6.50. The third-order valence-corrected chi connectivity index (χ3v) is 2.34. The molecule has 0 radical (unpaired) electrons. The zero-order valence-corrected chi connectivity index (χ0v) is 9.19. The van der Waals surface area contributed by atoms with E-state index in [-0.39, 0.29) is 0 Å². The highest BCUT2D eigenvalue weighted by Gasteiger charge is 1.99. The van der Waals surface area contributed by atoms with Gasteiger partial charge in [0.15, 0.2) is 5.16 Å². The van der Waals surface area contributed by atoms with Gasteiger partial charge in [0.2, 0.25) is 0 Å². The predicted molar refractivity (Wildman–Crippen MR) is 60.0 cm³/mol. The Kier molecular flexibility index (Phi) is 4.27. The summed E-state index contributed by atoms with van der Waals surface area (Å²) in [5, 5.41) is 0.736. The second-order valence-corrected chi connectivity index (χ2v) is 3.80. The number of hydrogen-bond donors (Lipinski definition) is 1. The van der Waals surface area contributed by atoms with Crippen LogP contribution in [0, 0.1) is 18.8 Å². The Morgan fingerprint density at radius 1 is 1.50 bits per heavy atom. The number of hydrogen-bond acceptors (Lipinski definition) is 4. The molecule has 0 aliphatic carbocycles. The van der Waals surface area contributed by atoms with Crippen LogP contribution in [0.5, 0.6) is 0 Å². The zero-order valence-electron chi connectivity index (χ0n) is 8.37. The van der Waals surface area contributed by atoms with E-state index >= 15 is 0 Å². The Balaban J connectivity index is 2.53. The second-order valence-electron chi connectivity index (χ2n) is 2.74. The second kappa shape index (κ2) is 5.51. The maximum atomic E-state index is 5.60. The molecule has 2 N–H and O–H groups in total. The van der Waals surface area contributed by atoms with Crippen LogP contribution in [0.1, 0.15) is 19.0 Å². The lowest BCUT2D eigenvalue weighted by Gasteiger charge is -2.00. The lowest BCUT2D eigenvalue weighted by molar-refractivity contribution is 0.940. The van der Waals surface area contributed by atoms with Gasteiger partial charge in [-0.2, -0.15) is 0 Å². The summed E-state index contributed by atoms with van der Waals surface area (Å²) in [5.74, 6) is 7.27. The van der Waals surface area contributed by atoms with E-state index in [0.29, 0.717) is 5.82 Å². The molecule has 0 aliphatic rings. The summed E-state index contributed by atoms with van der Waals surface area (Å²) in [6, 6.07) is 1.76. The lowest BCUT2D eigenvalue weighted by Crippen LogP contribution is -1.96. The molecule has 74 valence electrons. The van der Waals surface area contributed by atoms with Gasteiger partial charge >= 0.3 is 0 Å². The van der Waals surface area contributed by atoms with Crippen molar-refractivity contribution in [2.45, 2.75) is 25.4 Å². The minimum atomic E-state index is 0.529. The first-order valence-electron chi connectivity index (χ1n) is 4.36. The Morgan fingerprint density at radius 2 is 2.29 bits per heavy atom. The van der Waals surface area contributed by atoms with Gasteiger partial charge in [-0.05, 0) is 13.8 Å². The number of rotatable bonds is 3. The Bertz CT molecular complexity index is 345. The Labute approximate surface area is 88.5 Å². The SMILES string of the molecule is CC#CCCSc1nc(C)cc(N)n1. The van der Waals surface area contributed by atoms with Crippen molar-refractivity contribution in [1.82, 2.24) is 9.97 Å². The van der Waals surface area contributed by atoms with Crippen LogP contribution in [-0.2, 0) is 0 Å². The number of thioether (sulfide) groups is 1. The van der Waals surface area contributed by atoms with Crippen molar-refractivity contribution in [3.8, 4) is 11.8 Å². The van der Waals surface area contributed by atoms with Crippen LogP contribution in [0.4, 0.5) is 5.82 Å². The van der Waals surface area contributed by atoms with Gasteiger partial charge in [-0.25, -0.2) is 9.97 Å². The van der Waals surface area contributed by atoms with Gasteiger partial charge in [-0.15, -0.1) is 11.8 Å². The van der Waals surface area contributed by atoms with E-state index in [4.69, 9.17) is 5.73 Å². The standard InChI is InChI=1S/C10H13N3S/c1-3-4-5-6-14-10-12-8(2)7-9(11)13-10/h7H,5-6H2,1-2H3,(H2,11,12,13). The molecule has 1 aromatic rings. The topological polar surface area (TPSA) is 51.8 Å². The van der Waals surface area contributed by atoms with Crippen molar-refractivity contribution in [2.24, 2.45) is 0 Å². The number of anilines is 1. The van der Waals surface area contributed by atoms with Crippen molar-refractivity contribution in [3.63, 3.8) is 0 Å². The summed E-state index contributed by atoms with van der Waals surface area (Å²) in [7, 11) is 0. The maximum absolute atomic E-state index is 5.60. The van der Waals surface area contributed by atoms with Gasteiger partial charge < -0.3 is 5.73 Å². The van der Waals surface area contributed by atoms with Crippen molar-refractivity contribution >= 4 is 17.6 Å². The Morgan fingerprint density at radius 3 is 2.93 bits per heavy atom. The van der Waals surface area contributed by atoms with Gasteiger partial charge in [0, 0.05) is 23.9 Å². The molecule has 1 heterocycles. The largest absolute Gasteiger partial charge is 0.384 e. The predicted octanol–water partition coefficient (Wildman–Crippen LogP) is 1.87. The highest BCUT2D eigenvalue weighted by molar-refractivity contribution is 7.99. The molecule has 4 heteroatoms. The molecule has 0 aliphatic heterocycles. The third kappa shape index (κ3) is 3.67. The van der Waals surface area contributed by atoms with Crippen LogP contribution in [0.2, 0.25) is 0 Å². The quantitative estimate of drug-likeness (QED) is 0.356. The zero-order chi connectivity index (χ0) is 10.4. The molecule has 0 aromatic carbocycles. The third-order valence-electron chi connectivity index (χ3n) is 1.49.